The van der Waals surface area contributed by atoms with Gasteiger partial charge in [-0.3, -0.25) is 0 Å². The topological polar surface area (TPSA) is 35.6 Å². The number of rotatable bonds is 3. The Kier molecular flexibility index (Phi) is 2.90. The van der Waals surface area contributed by atoms with E-state index in [-0.39, 0.29) is 17.3 Å². The Hall–Kier alpha value is -1.78. The SMILES string of the molecule is CCNC(=O)N(C)C1[C@@H]2CN(c3ccc(F)cc3)[C@@H]3CC13C2. The zero-order valence-corrected chi connectivity index (χ0v) is 13.1. The first kappa shape index (κ1) is 13.9. The second-order valence-electron chi connectivity index (χ2n) is 6.94. The minimum Gasteiger partial charge on any atom is -0.368 e. The van der Waals surface area contributed by atoms with Crippen molar-refractivity contribution in [1.82, 2.24) is 10.2 Å². The van der Waals surface area contributed by atoms with Crippen LogP contribution >= 0.6 is 0 Å². The minimum atomic E-state index is -0.190. The molecule has 2 saturated carbocycles. The summed E-state index contributed by atoms with van der Waals surface area (Å²) in [5.41, 5.74) is 1.38. The van der Waals surface area contributed by atoms with Gasteiger partial charge in [0.25, 0.3) is 0 Å². The highest BCUT2D eigenvalue weighted by Gasteiger charge is 2.74. The molecule has 4 nitrogen and oxygen atoms in total. The van der Waals surface area contributed by atoms with E-state index < -0.39 is 0 Å². The van der Waals surface area contributed by atoms with Crippen molar-refractivity contribution in [3.63, 3.8) is 0 Å². The molecule has 2 amide bonds. The summed E-state index contributed by atoms with van der Waals surface area (Å²) in [7, 11) is 1.92. The number of halogens is 1. The molecule has 1 spiro atoms. The molecule has 2 aliphatic heterocycles. The highest BCUT2D eigenvalue weighted by molar-refractivity contribution is 5.75. The highest BCUT2D eigenvalue weighted by atomic mass is 19.1. The second-order valence-corrected chi connectivity index (χ2v) is 6.94. The van der Waals surface area contributed by atoms with E-state index in [1.807, 2.05) is 31.0 Å². The van der Waals surface area contributed by atoms with Gasteiger partial charge in [-0.15, -0.1) is 0 Å². The lowest BCUT2D eigenvalue weighted by atomic mass is 9.63. The summed E-state index contributed by atoms with van der Waals surface area (Å²) >= 11 is 0. The highest BCUT2D eigenvalue weighted by Crippen LogP contribution is 2.70. The van der Waals surface area contributed by atoms with Crippen molar-refractivity contribution >= 4 is 11.7 Å². The van der Waals surface area contributed by atoms with Crippen LogP contribution < -0.4 is 10.2 Å². The Balaban J connectivity index is 1.51. The maximum Gasteiger partial charge on any atom is 0.317 e. The summed E-state index contributed by atoms with van der Waals surface area (Å²) in [6.45, 7) is 3.58. The molecule has 5 heteroatoms. The molecular weight excluding hydrogens is 281 g/mol. The Morgan fingerprint density at radius 1 is 1.41 bits per heavy atom. The lowest BCUT2D eigenvalue weighted by molar-refractivity contribution is -0.00158. The molecule has 4 aliphatic rings. The van der Waals surface area contributed by atoms with Crippen LogP contribution in [0.2, 0.25) is 0 Å². The van der Waals surface area contributed by atoms with Crippen LogP contribution in [-0.4, -0.2) is 43.2 Å². The van der Waals surface area contributed by atoms with E-state index >= 15 is 0 Å². The summed E-state index contributed by atoms with van der Waals surface area (Å²) in [6.07, 6.45) is 2.37. The molecule has 22 heavy (non-hydrogen) atoms. The number of carbonyl (C=O) groups is 1. The molecule has 2 saturated heterocycles. The predicted molar refractivity (Wildman–Crippen MR) is 83.3 cm³/mol. The molecule has 2 bridgehead atoms. The van der Waals surface area contributed by atoms with Gasteiger partial charge >= 0.3 is 6.03 Å². The third-order valence-corrected chi connectivity index (χ3v) is 5.79. The molecule has 2 unspecified atom stereocenters. The van der Waals surface area contributed by atoms with Gasteiger partial charge in [-0.1, -0.05) is 0 Å². The molecule has 118 valence electrons. The van der Waals surface area contributed by atoms with E-state index in [9.17, 15) is 9.18 Å². The summed E-state index contributed by atoms with van der Waals surface area (Å²) < 4.78 is 13.1. The van der Waals surface area contributed by atoms with Crippen LogP contribution in [-0.2, 0) is 0 Å². The number of benzene rings is 1. The van der Waals surface area contributed by atoms with Gasteiger partial charge in [0.15, 0.2) is 0 Å². The smallest absolute Gasteiger partial charge is 0.317 e. The molecule has 2 aliphatic carbocycles. The Morgan fingerprint density at radius 2 is 2.14 bits per heavy atom. The minimum absolute atomic E-state index is 0.0393. The Labute approximate surface area is 130 Å². The lowest BCUT2D eigenvalue weighted by Gasteiger charge is -2.57. The normalized spacial score (nSPS) is 34.5. The van der Waals surface area contributed by atoms with Crippen molar-refractivity contribution < 1.29 is 9.18 Å². The van der Waals surface area contributed by atoms with E-state index in [1.165, 1.54) is 18.6 Å². The standard InChI is InChI=1S/C17H22FN3O/c1-3-19-16(22)20(2)15-11-8-17(15)9-14(17)21(10-11)13-6-4-12(18)5-7-13/h4-7,11,14-15H,3,8-10H2,1-2H3,(H,19,22)/t11-,14+,15?,17?/m0/s1. The molecule has 4 fully saturated rings. The van der Waals surface area contributed by atoms with E-state index in [0.29, 0.717) is 24.5 Å². The summed E-state index contributed by atoms with van der Waals surface area (Å²) in [4.78, 5) is 16.4. The molecular formula is C17H22FN3O. The fraction of sp³-hybridized carbons (Fsp3) is 0.588. The van der Waals surface area contributed by atoms with Crippen LogP contribution in [0, 0.1) is 17.2 Å². The van der Waals surface area contributed by atoms with Crippen molar-refractivity contribution in [2.75, 3.05) is 25.0 Å². The third-order valence-electron chi connectivity index (χ3n) is 5.79. The van der Waals surface area contributed by atoms with Crippen LogP contribution in [0.15, 0.2) is 24.3 Å². The zero-order valence-electron chi connectivity index (χ0n) is 13.1. The fourth-order valence-electron chi connectivity index (χ4n) is 4.85. The van der Waals surface area contributed by atoms with Crippen LogP contribution in [0.5, 0.6) is 0 Å². The molecule has 1 aromatic rings. The van der Waals surface area contributed by atoms with Gasteiger partial charge in [-0.2, -0.15) is 0 Å². The quantitative estimate of drug-likeness (QED) is 0.931. The van der Waals surface area contributed by atoms with E-state index in [4.69, 9.17) is 0 Å². The number of urea groups is 1. The van der Waals surface area contributed by atoms with Crippen molar-refractivity contribution in [2.45, 2.75) is 31.8 Å². The number of hydrogen-bond donors (Lipinski definition) is 1. The number of amides is 2. The molecule has 1 aromatic carbocycles. The van der Waals surface area contributed by atoms with Crippen molar-refractivity contribution in [2.24, 2.45) is 11.3 Å². The predicted octanol–water partition coefficient (Wildman–Crippen LogP) is 2.45. The number of anilines is 1. The van der Waals surface area contributed by atoms with Crippen LogP contribution in [0.3, 0.4) is 0 Å². The number of nitrogens with zero attached hydrogens (tertiary/aromatic N) is 2. The van der Waals surface area contributed by atoms with Gasteiger partial charge in [0, 0.05) is 43.3 Å². The first-order valence-corrected chi connectivity index (χ1v) is 8.09. The average Bonchev–Trinajstić information content (AvgIpc) is 3.25. The van der Waals surface area contributed by atoms with Gasteiger partial charge in [0.2, 0.25) is 0 Å². The fourth-order valence-corrected chi connectivity index (χ4v) is 4.85. The third kappa shape index (κ3) is 1.77. The van der Waals surface area contributed by atoms with Crippen LogP contribution in [0.1, 0.15) is 19.8 Å². The van der Waals surface area contributed by atoms with E-state index in [1.54, 1.807) is 0 Å². The maximum atomic E-state index is 13.1. The number of carbonyl (C=O) groups excluding carboxylic acids is 1. The molecule has 2 heterocycles. The van der Waals surface area contributed by atoms with E-state index in [0.717, 1.165) is 18.7 Å². The molecule has 1 N–H and O–H groups in total. The Morgan fingerprint density at radius 3 is 2.82 bits per heavy atom. The van der Waals surface area contributed by atoms with Crippen molar-refractivity contribution in [3.8, 4) is 0 Å². The zero-order chi connectivity index (χ0) is 15.5. The average molecular weight is 303 g/mol. The maximum absolute atomic E-state index is 13.1. The van der Waals surface area contributed by atoms with Gasteiger partial charge in [-0.05, 0) is 49.9 Å². The number of hydrogen-bond acceptors (Lipinski definition) is 2. The van der Waals surface area contributed by atoms with Gasteiger partial charge in [0.05, 0.1) is 0 Å². The van der Waals surface area contributed by atoms with Gasteiger partial charge in [0.1, 0.15) is 5.82 Å². The van der Waals surface area contributed by atoms with E-state index in [2.05, 4.69) is 10.2 Å². The second kappa shape index (κ2) is 4.61. The Bertz CT molecular complexity index is 604. The van der Waals surface area contributed by atoms with Gasteiger partial charge in [-0.25, -0.2) is 9.18 Å². The monoisotopic (exact) mass is 303 g/mol. The number of piperidine rings is 2. The van der Waals surface area contributed by atoms with Crippen LogP contribution in [0.4, 0.5) is 14.9 Å². The first-order chi connectivity index (χ1) is 10.6. The molecule has 5 rings (SSSR count). The largest absolute Gasteiger partial charge is 0.368 e. The van der Waals surface area contributed by atoms with Crippen molar-refractivity contribution in [3.05, 3.63) is 30.1 Å². The number of nitrogens with one attached hydrogen (secondary N) is 1. The summed E-state index contributed by atoms with van der Waals surface area (Å²) in [5.74, 6) is 0.335. The molecule has 0 radical (unpaired) electrons. The van der Waals surface area contributed by atoms with Gasteiger partial charge < -0.3 is 15.1 Å². The first-order valence-electron chi connectivity index (χ1n) is 8.09. The summed E-state index contributed by atoms with van der Waals surface area (Å²) in [5, 5.41) is 2.90. The summed E-state index contributed by atoms with van der Waals surface area (Å²) in [6, 6.07) is 7.71. The van der Waals surface area contributed by atoms with Crippen LogP contribution in [0.25, 0.3) is 0 Å². The lowest BCUT2D eigenvalue weighted by Crippen LogP contribution is -2.66. The number of fused-ring (bicyclic) bond motifs is 1. The van der Waals surface area contributed by atoms with Crippen molar-refractivity contribution in [1.29, 1.82) is 0 Å². The molecule has 4 atom stereocenters. The molecule has 0 aromatic heterocycles.